The summed E-state index contributed by atoms with van der Waals surface area (Å²) < 4.78 is 5.54. The maximum Gasteiger partial charge on any atom is 0.329 e. The third-order valence-electron chi connectivity index (χ3n) is 9.51. The van der Waals surface area contributed by atoms with Crippen molar-refractivity contribution in [3.05, 3.63) is 100 Å². The van der Waals surface area contributed by atoms with Crippen molar-refractivity contribution in [1.29, 1.82) is 0 Å². The largest absolute Gasteiger partial charge is 0.454 e. The summed E-state index contributed by atoms with van der Waals surface area (Å²) in [6.07, 6.45) is 3.21. The van der Waals surface area contributed by atoms with Crippen molar-refractivity contribution in [2.45, 2.75) is 70.8 Å². The maximum absolute atomic E-state index is 14.2. The lowest BCUT2D eigenvalue weighted by atomic mass is 9.55. The molecule has 1 saturated heterocycles. The Morgan fingerprint density at radius 1 is 0.767 bits per heavy atom. The summed E-state index contributed by atoms with van der Waals surface area (Å²) in [5, 5.41) is 2.92. The number of nitrogens with zero attached hydrogens (tertiary/aromatic N) is 1. The zero-order valence-electron chi connectivity index (χ0n) is 25.0. The van der Waals surface area contributed by atoms with Crippen LogP contribution in [0.1, 0.15) is 85.3 Å². The Morgan fingerprint density at radius 2 is 1.26 bits per heavy atom. The van der Waals surface area contributed by atoms with Crippen LogP contribution in [0.2, 0.25) is 0 Å². The molecule has 0 radical (unpaired) electrons. The van der Waals surface area contributed by atoms with Crippen LogP contribution in [0.3, 0.4) is 0 Å². The number of imide groups is 1. The molecule has 3 atom stereocenters. The molecule has 3 amide bonds. The van der Waals surface area contributed by atoms with Gasteiger partial charge in [-0.25, -0.2) is 4.79 Å². The van der Waals surface area contributed by atoms with Crippen LogP contribution in [0, 0.1) is 11.8 Å². The van der Waals surface area contributed by atoms with Gasteiger partial charge in [0.05, 0.1) is 11.8 Å². The molecule has 3 aromatic carbocycles. The number of hydrogen-bond acceptors (Lipinski definition) is 5. The molecule has 222 valence electrons. The quantitative estimate of drug-likeness (QED) is 0.245. The normalized spacial score (nSPS) is 22.1. The Bertz CT molecular complexity index is 1460. The van der Waals surface area contributed by atoms with Crippen LogP contribution in [0.25, 0.3) is 0 Å². The molecule has 1 N–H and O–H groups in total. The molecular weight excluding hydrogens is 540 g/mol. The Labute approximate surface area is 252 Å². The first-order valence-corrected chi connectivity index (χ1v) is 15.5. The number of nitrogens with one attached hydrogen (secondary N) is 1. The predicted octanol–water partition coefficient (Wildman–Crippen LogP) is 5.74. The van der Waals surface area contributed by atoms with Crippen molar-refractivity contribution < 1.29 is 23.9 Å². The molecule has 0 saturated carbocycles. The molecule has 4 aliphatic rings. The Hall–Kier alpha value is -4.26. The molecule has 1 fully saturated rings. The van der Waals surface area contributed by atoms with Crippen molar-refractivity contribution >= 4 is 29.4 Å². The second-order valence-corrected chi connectivity index (χ2v) is 11.8. The number of benzene rings is 3. The SMILES string of the molecule is CCCC[C@H](C(=O)OCC(=O)Nc1c(CC)cccc1CC)N1C(=O)[C@H]2C3c4ccccc4C(c4ccccc43)[C@@H]2C1=O. The fourth-order valence-corrected chi connectivity index (χ4v) is 7.57. The average Bonchev–Trinajstić information content (AvgIpc) is 3.30. The van der Waals surface area contributed by atoms with E-state index in [4.69, 9.17) is 4.74 Å². The zero-order chi connectivity index (χ0) is 30.2. The minimum Gasteiger partial charge on any atom is -0.454 e. The molecule has 7 rings (SSSR count). The Kier molecular flexibility index (Phi) is 7.91. The fourth-order valence-electron chi connectivity index (χ4n) is 7.57. The number of carbonyl (C=O) groups is 4. The molecule has 43 heavy (non-hydrogen) atoms. The lowest BCUT2D eigenvalue weighted by Gasteiger charge is -2.45. The molecule has 2 bridgehead atoms. The minimum absolute atomic E-state index is 0.246. The number of para-hydroxylation sites is 1. The van der Waals surface area contributed by atoms with Gasteiger partial charge in [-0.05, 0) is 52.6 Å². The van der Waals surface area contributed by atoms with E-state index in [-0.39, 0.29) is 23.7 Å². The van der Waals surface area contributed by atoms with E-state index in [1.165, 1.54) is 4.90 Å². The Morgan fingerprint density at radius 3 is 1.70 bits per heavy atom. The first-order valence-electron chi connectivity index (χ1n) is 15.5. The number of hydrogen-bond donors (Lipinski definition) is 1. The minimum atomic E-state index is -1.07. The van der Waals surface area contributed by atoms with Crippen molar-refractivity contribution in [1.82, 2.24) is 4.90 Å². The highest BCUT2D eigenvalue weighted by Gasteiger charge is 2.63. The van der Waals surface area contributed by atoms with E-state index < -0.39 is 36.4 Å². The molecule has 3 aromatic rings. The molecule has 0 aromatic heterocycles. The summed E-state index contributed by atoms with van der Waals surface area (Å²) >= 11 is 0. The van der Waals surface area contributed by atoms with Crippen LogP contribution in [0.5, 0.6) is 0 Å². The average molecular weight is 579 g/mol. The number of unbranched alkanes of at least 4 members (excludes halogenated alkanes) is 1. The number of aryl methyl sites for hydroxylation is 2. The van der Waals surface area contributed by atoms with Crippen molar-refractivity contribution in [3.8, 4) is 0 Å². The topological polar surface area (TPSA) is 92.8 Å². The summed E-state index contributed by atoms with van der Waals surface area (Å²) in [4.78, 5) is 56.2. The first-order chi connectivity index (χ1) is 20.9. The van der Waals surface area contributed by atoms with E-state index in [1.807, 2.05) is 63.2 Å². The lowest BCUT2D eigenvalue weighted by Crippen LogP contribution is -2.47. The fraction of sp³-hybridized carbons (Fsp3) is 0.389. The van der Waals surface area contributed by atoms with Gasteiger partial charge >= 0.3 is 5.97 Å². The summed E-state index contributed by atoms with van der Waals surface area (Å²) in [5.41, 5.74) is 7.09. The van der Waals surface area contributed by atoms with Gasteiger partial charge in [0.2, 0.25) is 11.8 Å². The van der Waals surface area contributed by atoms with Crippen LogP contribution in [0.15, 0.2) is 66.7 Å². The van der Waals surface area contributed by atoms with E-state index >= 15 is 0 Å². The highest BCUT2D eigenvalue weighted by molar-refractivity contribution is 6.10. The van der Waals surface area contributed by atoms with E-state index in [2.05, 4.69) is 29.6 Å². The Balaban J connectivity index is 1.25. The number of ether oxygens (including phenoxy) is 1. The molecule has 0 spiro atoms. The predicted molar refractivity (Wildman–Crippen MR) is 164 cm³/mol. The molecule has 3 aliphatic carbocycles. The van der Waals surface area contributed by atoms with Crippen LogP contribution >= 0.6 is 0 Å². The highest BCUT2D eigenvalue weighted by atomic mass is 16.5. The second-order valence-electron chi connectivity index (χ2n) is 11.8. The van der Waals surface area contributed by atoms with Gasteiger partial charge in [-0.1, -0.05) is 100 Å². The summed E-state index contributed by atoms with van der Waals surface area (Å²) in [5.74, 6) is -3.43. The number of carbonyl (C=O) groups excluding carboxylic acids is 4. The van der Waals surface area contributed by atoms with Crippen LogP contribution in [-0.2, 0) is 36.8 Å². The van der Waals surface area contributed by atoms with Gasteiger partial charge in [-0.3, -0.25) is 19.3 Å². The molecular formula is C36H38N2O5. The van der Waals surface area contributed by atoms with Gasteiger partial charge < -0.3 is 10.1 Å². The van der Waals surface area contributed by atoms with E-state index in [9.17, 15) is 19.2 Å². The summed E-state index contributed by atoms with van der Waals surface area (Å²) in [7, 11) is 0. The van der Waals surface area contributed by atoms with E-state index in [0.717, 1.165) is 58.3 Å². The second kappa shape index (κ2) is 11.8. The van der Waals surface area contributed by atoms with Crippen LogP contribution in [-0.4, -0.2) is 41.2 Å². The molecule has 7 nitrogen and oxygen atoms in total. The van der Waals surface area contributed by atoms with Gasteiger partial charge in [0.15, 0.2) is 6.61 Å². The molecule has 7 heteroatoms. The van der Waals surface area contributed by atoms with Crippen molar-refractivity contribution in [3.63, 3.8) is 0 Å². The summed E-state index contributed by atoms with van der Waals surface area (Å²) in [6.45, 7) is 5.54. The molecule has 1 aliphatic heterocycles. The van der Waals surface area contributed by atoms with E-state index in [0.29, 0.717) is 12.8 Å². The smallest absolute Gasteiger partial charge is 0.329 e. The third-order valence-corrected chi connectivity index (χ3v) is 9.51. The number of esters is 1. The van der Waals surface area contributed by atoms with Gasteiger partial charge in [0.1, 0.15) is 6.04 Å². The van der Waals surface area contributed by atoms with Gasteiger partial charge in [-0.15, -0.1) is 0 Å². The standard InChI is InChI=1S/C36H38N2O5/c1-4-7-19-27(36(42)43-20-28(39)37-33-21(5-2)13-12-14-22(33)6-3)38-34(40)31-29-23-15-8-9-16-24(23)30(32(31)35(38)41)26-18-11-10-17-25(26)29/h8-18,27,29-32H,4-7,19-20H2,1-3H3,(H,37,39)/t27-,29?,30?,31+,32+/m1/s1. The number of likely N-dealkylation sites (tertiary alicyclic amines) is 1. The van der Waals surface area contributed by atoms with Gasteiger partial charge in [-0.2, -0.15) is 0 Å². The van der Waals surface area contributed by atoms with Crippen molar-refractivity contribution in [2.24, 2.45) is 11.8 Å². The van der Waals surface area contributed by atoms with Gasteiger partial charge in [0, 0.05) is 17.5 Å². The van der Waals surface area contributed by atoms with Crippen LogP contribution in [0.4, 0.5) is 5.69 Å². The molecule has 1 heterocycles. The van der Waals surface area contributed by atoms with Crippen molar-refractivity contribution in [2.75, 3.05) is 11.9 Å². The maximum atomic E-state index is 14.2. The highest BCUT2D eigenvalue weighted by Crippen LogP contribution is 2.61. The molecule has 0 unspecified atom stereocenters. The third kappa shape index (κ3) is 4.75. The van der Waals surface area contributed by atoms with Gasteiger partial charge in [0.25, 0.3) is 5.91 Å². The van der Waals surface area contributed by atoms with E-state index in [1.54, 1.807) is 0 Å². The first kappa shape index (κ1) is 28.8. The summed E-state index contributed by atoms with van der Waals surface area (Å²) in [6, 6.07) is 21.0. The number of amides is 3. The monoisotopic (exact) mass is 578 g/mol. The number of rotatable bonds is 10. The van der Waals surface area contributed by atoms with Crippen LogP contribution < -0.4 is 5.32 Å². The zero-order valence-corrected chi connectivity index (χ0v) is 25.0. The number of anilines is 1. The lowest BCUT2D eigenvalue weighted by molar-refractivity contribution is -0.160.